The number of fused-ring (bicyclic) bond motifs is 1. The van der Waals surface area contributed by atoms with Crippen molar-refractivity contribution in [1.82, 2.24) is 9.13 Å². The number of nitrogens with one attached hydrogen (secondary N) is 1. The summed E-state index contributed by atoms with van der Waals surface area (Å²) in [6.07, 6.45) is 0.854. The number of imidazole rings is 1. The lowest BCUT2D eigenvalue weighted by Crippen LogP contribution is -2.26. The average Bonchev–Trinajstić information content (AvgIpc) is 2.98. The molecule has 1 N–H and O–H groups in total. The molecule has 1 amide bonds. The molecule has 3 rings (SSSR count). The van der Waals surface area contributed by atoms with Crippen molar-refractivity contribution in [1.29, 1.82) is 0 Å². The maximum absolute atomic E-state index is 12.8. The molecule has 0 fully saturated rings. The van der Waals surface area contributed by atoms with Crippen LogP contribution in [0.15, 0.2) is 47.3 Å². The summed E-state index contributed by atoms with van der Waals surface area (Å²) < 4.78 is 8.44. The highest BCUT2D eigenvalue weighted by Crippen LogP contribution is 2.29. The van der Waals surface area contributed by atoms with Gasteiger partial charge in [-0.2, -0.15) is 0 Å². The van der Waals surface area contributed by atoms with E-state index in [0.717, 1.165) is 17.5 Å². The number of nitro benzene ring substituents is 1. The van der Waals surface area contributed by atoms with Gasteiger partial charge in [-0.15, -0.1) is 0 Å². The van der Waals surface area contributed by atoms with Crippen molar-refractivity contribution in [2.45, 2.75) is 32.9 Å². The summed E-state index contributed by atoms with van der Waals surface area (Å²) >= 11 is 0. The van der Waals surface area contributed by atoms with Crippen LogP contribution in [-0.4, -0.2) is 27.1 Å². The van der Waals surface area contributed by atoms with Crippen molar-refractivity contribution < 1.29 is 14.5 Å². The summed E-state index contributed by atoms with van der Waals surface area (Å²) in [4.78, 5) is 35.7. The van der Waals surface area contributed by atoms with Crippen LogP contribution in [0.5, 0.6) is 5.75 Å². The maximum atomic E-state index is 12.8. The number of benzene rings is 2. The van der Waals surface area contributed by atoms with E-state index in [4.69, 9.17) is 4.74 Å². The number of nitro groups is 1. The van der Waals surface area contributed by atoms with Crippen LogP contribution in [0.4, 0.5) is 11.4 Å². The fraction of sp³-hybridized carbons (Fsp3) is 0.300. The lowest BCUT2D eigenvalue weighted by molar-refractivity contribution is -0.384. The number of rotatable bonds is 8. The summed E-state index contributed by atoms with van der Waals surface area (Å²) in [5, 5.41) is 13.6. The van der Waals surface area contributed by atoms with Crippen LogP contribution in [0, 0.1) is 10.1 Å². The summed E-state index contributed by atoms with van der Waals surface area (Å²) in [5.41, 5.74) is 1.51. The third-order valence-corrected chi connectivity index (χ3v) is 4.60. The van der Waals surface area contributed by atoms with E-state index in [1.165, 1.54) is 25.3 Å². The SMILES string of the molecule is CCCn1c(=O)n(CCC(=O)Nc2cc([N+](=O)[O-])ccc2OC)c2ccccc21. The van der Waals surface area contributed by atoms with Crippen LogP contribution in [0.25, 0.3) is 11.0 Å². The van der Waals surface area contributed by atoms with Gasteiger partial charge in [0.05, 0.1) is 28.8 Å². The van der Waals surface area contributed by atoms with Crippen LogP contribution in [-0.2, 0) is 17.9 Å². The van der Waals surface area contributed by atoms with E-state index in [0.29, 0.717) is 12.3 Å². The number of methoxy groups -OCH3 is 1. The summed E-state index contributed by atoms with van der Waals surface area (Å²) in [6, 6.07) is 11.4. The highest BCUT2D eigenvalue weighted by Gasteiger charge is 2.16. The minimum Gasteiger partial charge on any atom is -0.495 e. The van der Waals surface area contributed by atoms with E-state index in [2.05, 4.69) is 5.32 Å². The first kappa shape index (κ1) is 20.1. The smallest absolute Gasteiger partial charge is 0.329 e. The Morgan fingerprint density at radius 1 is 1.14 bits per heavy atom. The Bertz CT molecular complexity index is 1120. The molecule has 0 spiro atoms. The summed E-state index contributed by atoms with van der Waals surface area (Å²) in [6.45, 7) is 2.79. The lowest BCUT2D eigenvalue weighted by Gasteiger charge is -2.10. The number of non-ortho nitro benzene ring substituents is 1. The predicted octanol–water partition coefficient (Wildman–Crippen LogP) is 3.16. The van der Waals surface area contributed by atoms with E-state index >= 15 is 0 Å². The molecule has 0 radical (unpaired) electrons. The maximum Gasteiger partial charge on any atom is 0.329 e. The Labute approximate surface area is 166 Å². The first-order chi connectivity index (χ1) is 14.0. The number of amides is 1. The number of para-hydroxylation sites is 2. The Morgan fingerprint density at radius 2 is 1.79 bits per heavy atom. The van der Waals surface area contributed by atoms with Crippen LogP contribution >= 0.6 is 0 Å². The minimum absolute atomic E-state index is 0.0336. The van der Waals surface area contributed by atoms with E-state index in [1.807, 2.05) is 31.2 Å². The fourth-order valence-electron chi connectivity index (χ4n) is 3.26. The quantitative estimate of drug-likeness (QED) is 0.463. The van der Waals surface area contributed by atoms with Gasteiger partial charge >= 0.3 is 5.69 Å². The fourth-order valence-corrected chi connectivity index (χ4v) is 3.26. The first-order valence-electron chi connectivity index (χ1n) is 9.26. The van der Waals surface area contributed by atoms with Gasteiger partial charge in [0, 0.05) is 31.6 Å². The first-order valence-corrected chi connectivity index (χ1v) is 9.26. The lowest BCUT2D eigenvalue weighted by atomic mass is 10.2. The highest BCUT2D eigenvalue weighted by molar-refractivity contribution is 5.92. The normalized spacial score (nSPS) is 10.8. The van der Waals surface area contributed by atoms with Gasteiger partial charge in [-0.3, -0.25) is 24.0 Å². The Hall–Kier alpha value is -3.62. The van der Waals surface area contributed by atoms with Crippen molar-refractivity contribution in [3.05, 3.63) is 63.1 Å². The Morgan fingerprint density at radius 3 is 2.38 bits per heavy atom. The molecule has 1 aromatic heterocycles. The molecule has 9 nitrogen and oxygen atoms in total. The van der Waals surface area contributed by atoms with Crippen molar-refractivity contribution in [2.75, 3.05) is 12.4 Å². The minimum atomic E-state index is -0.544. The molecule has 0 atom stereocenters. The molecule has 0 saturated carbocycles. The van der Waals surface area contributed by atoms with Gasteiger partial charge in [-0.1, -0.05) is 19.1 Å². The molecule has 29 heavy (non-hydrogen) atoms. The van der Waals surface area contributed by atoms with E-state index in [-0.39, 0.29) is 35.9 Å². The second-order valence-electron chi connectivity index (χ2n) is 6.51. The molecular weight excluding hydrogens is 376 g/mol. The molecule has 0 aliphatic rings. The number of anilines is 1. The van der Waals surface area contributed by atoms with Crippen LogP contribution in [0.1, 0.15) is 19.8 Å². The highest BCUT2D eigenvalue weighted by atomic mass is 16.6. The molecule has 9 heteroatoms. The number of ether oxygens (including phenoxy) is 1. The van der Waals surface area contributed by atoms with E-state index in [1.54, 1.807) is 9.13 Å². The summed E-state index contributed by atoms with van der Waals surface area (Å²) in [5.74, 6) is -0.0521. The number of carbonyl (C=O) groups excluding carboxylic acids is 1. The predicted molar refractivity (Wildman–Crippen MR) is 109 cm³/mol. The molecule has 0 unspecified atom stereocenters. The molecule has 0 aliphatic heterocycles. The molecule has 0 aliphatic carbocycles. The molecule has 1 heterocycles. The largest absolute Gasteiger partial charge is 0.495 e. The monoisotopic (exact) mass is 398 g/mol. The van der Waals surface area contributed by atoms with Gasteiger partial charge in [0.1, 0.15) is 5.75 Å². The van der Waals surface area contributed by atoms with Crippen LogP contribution in [0.3, 0.4) is 0 Å². The topological polar surface area (TPSA) is 108 Å². The molecule has 2 aromatic carbocycles. The second kappa shape index (κ2) is 8.59. The van der Waals surface area contributed by atoms with Gasteiger partial charge < -0.3 is 10.1 Å². The number of nitrogens with zero attached hydrogens (tertiary/aromatic N) is 3. The van der Waals surface area contributed by atoms with Gasteiger partial charge in [-0.25, -0.2) is 4.79 Å². The Balaban J connectivity index is 1.80. The van der Waals surface area contributed by atoms with Gasteiger partial charge in [0.25, 0.3) is 5.69 Å². The zero-order valence-corrected chi connectivity index (χ0v) is 16.3. The van der Waals surface area contributed by atoms with Crippen molar-refractivity contribution in [3.8, 4) is 5.75 Å². The average molecular weight is 398 g/mol. The molecular formula is C20H22N4O5. The van der Waals surface area contributed by atoms with E-state index in [9.17, 15) is 19.7 Å². The van der Waals surface area contributed by atoms with Crippen molar-refractivity contribution in [2.24, 2.45) is 0 Å². The molecule has 0 bridgehead atoms. The summed E-state index contributed by atoms with van der Waals surface area (Å²) in [7, 11) is 1.42. The van der Waals surface area contributed by atoms with E-state index < -0.39 is 4.92 Å². The van der Waals surface area contributed by atoms with Gasteiger partial charge in [0.2, 0.25) is 5.91 Å². The third-order valence-electron chi connectivity index (χ3n) is 4.60. The molecule has 3 aromatic rings. The van der Waals surface area contributed by atoms with Crippen molar-refractivity contribution in [3.63, 3.8) is 0 Å². The number of hydrogen-bond donors (Lipinski definition) is 1. The second-order valence-corrected chi connectivity index (χ2v) is 6.51. The molecule has 152 valence electrons. The standard InChI is InChI=1S/C20H22N4O5/c1-3-11-22-16-6-4-5-7-17(16)23(20(22)26)12-10-19(25)21-15-13-14(24(27)28)8-9-18(15)29-2/h4-9,13H,3,10-12H2,1-2H3,(H,21,25). The Kier molecular flexibility index (Phi) is 5.96. The zero-order chi connectivity index (χ0) is 21.0. The van der Waals surface area contributed by atoms with Crippen LogP contribution in [0.2, 0.25) is 0 Å². The number of aryl methyl sites for hydroxylation is 2. The number of aromatic nitrogens is 2. The molecule has 0 saturated heterocycles. The van der Waals surface area contributed by atoms with Crippen LogP contribution < -0.4 is 15.7 Å². The number of carbonyl (C=O) groups is 1. The zero-order valence-electron chi connectivity index (χ0n) is 16.3. The third kappa shape index (κ3) is 4.13. The van der Waals surface area contributed by atoms with Gasteiger partial charge in [0.15, 0.2) is 0 Å². The van der Waals surface area contributed by atoms with Gasteiger partial charge in [-0.05, 0) is 24.6 Å². The van der Waals surface area contributed by atoms with Crippen molar-refractivity contribution >= 4 is 28.3 Å². The number of hydrogen-bond acceptors (Lipinski definition) is 5.